The highest BCUT2D eigenvalue weighted by molar-refractivity contribution is 6.31. The number of benzene rings is 1. The molecule has 0 N–H and O–H groups in total. The van der Waals surface area contributed by atoms with Crippen LogP contribution in [0, 0.1) is 25.7 Å². The highest BCUT2D eigenvalue weighted by Crippen LogP contribution is 2.32. The molecule has 0 aliphatic heterocycles. The Morgan fingerprint density at radius 1 is 1.22 bits per heavy atom. The first kappa shape index (κ1) is 14.9. The normalized spacial score (nSPS) is 9.83. The minimum absolute atomic E-state index is 0.810. The molecule has 1 aromatic carbocycles. The van der Waals surface area contributed by atoms with E-state index in [1.807, 2.05) is 19.9 Å². The van der Waals surface area contributed by atoms with Gasteiger partial charge < -0.3 is 4.74 Å². The Bertz CT molecular complexity index is 466. The zero-order valence-corrected chi connectivity index (χ0v) is 12.4. The van der Waals surface area contributed by atoms with Gasteiger partial charge in [-0.05, 0) is 49.4 Å². The van der Waals surface area contributed by atoms with Crippen molar-refractivity contribution in [2.24, 2.45) is 0 Å². The van der Waals surface area contributed by atoms with E-state index in [0.717, 1.165) is 47.6 Å². The summed E-state index contributed by atoms with van der Waals surface area (Å²) in [6.07, 6.45) is 3.85. The van der Waals surface area contributed by atoms with Crippen LogP contribution in [-0.4, -0.2) is 7.11 Å². The monoisotopic (exact) mass is 264 g/mol. The van der Waals surface area contributed by atoms with E-state index < -0.39 is 0 Å². The van der Waals surface area contributed by atoms with Crippen LogP contribution >= 0.6 is 11.6 Å². The molecule has 0 atom stereocenters. The fraction of sp³-hybridized carbons (Fsp3) is 0.500. The Balaban J connectivity index is 2.90. The Morgan fingerprint density at radius 2 is 1.89 bits per heavy atom. The van der Waals surface area contributed by atoms with Gasteiger partial charge in [0.05, 0.1) is 7.11 Å². The standard InChI is InChI=1S/C16H21ClO/c1-5-6-7-8-9-10-14-13(3)15(17)11-12(2)16(14)18-4/h11H,5-6,9-10H2,1-4H3. The second-order valence-corrected chi connectivity index (χ2v) is 4.82. The van der Waals surface area contributed by atoms with Crippen LogP contribution in [0.5, 0.6) is 5.75 Å². The topological polar surface area (TPSA) is 9.23 Å². The molecule has 0 heterocycles. The predicted octanol–water partition coefficient (Wildman–Crippen LogP) is 4.70. The third kappa shape index (κ3) is 3.68. The largest absolute Gasteiger partial charge is 0.496 e. The smallest absolute Gasteiger partial charge is 0.125 e. The van der Waals surface area contributed by atoms with Gasteiger partial charge in [-0.1, -0.05) is 18.5 Å². The van der Waals surface area contributed by atoms with Crippen LogP contribution in [0.3, 0.4) is 0 Å². The molecule has 0 aliphatic carbocycles. The van der Waals surface area contributed by atoms with Crippen molar-refractivity contribution >= 4 is 11.6 Å². The maximum Gasteiger partial charge on any atom is 0.125 e. The van der Waals surface area contributed by atoms with E-state index in [-0.39, 0.29) is 0 Å². The lowest BCUT2D eigenvalue weighted by atomic mass is 9.99. The third-order valence-electron chi connectivity index (χ3n) is 2.99. The van der Waals surface area contributed by atoms with Crippen LogP contribution in [0.15, 0.2) is 6.07 Å². The highest BCUT2D eigenvalue weighted by Gasteiger charge is 2.12. The third-order valence-corrected chi connectivity index (χ3v) is 3.38. The van der Waals surface area contributed by atoms with Gasteiger partial charge in [0.25, 0.3) is 0 Å². The van der Waals surface area contributed by atoms with Gasteiger partial charge in [0.1, 0.15) is 5.75 Å². The van der Waals surface area contributed by atoms with Gasteiger partial charge in [0, 0.05) is 17.9 Å². The number of hydrogen-bond acceptors (Lipinski definition) is 1. The predicted molar refractivity (Wildman–Crippen MR) is 78.5 cm³/mol. The molecular weight excluding hydrogens is 244 g/mol. The molecule has 0 amide bonds. The molecule has 0 unspecified atom stereocenters. The van der Waals surface area contributed by atoms with Crippen molar-refractivity contribution in [1.29, 1.82) is 0 Å². The number of hydrogen-bond donors (Lipinski definition) is 0. The van der Waals surface area contributed by atoms with Crippen molar-refractivity contribution in [2.45, 2.75) is 46.5 Å². The Morgan fingerprint density at radius 3 is 2.50 bits per heavy atom. The maximum absolute atomic E-state index is 6.22. The second kappa shape index (κ2) is 7.34. The van der Waals surface area contributed by atoms with Crippen molar-refractivity contribution in [3.63, 3.8) is 0 Å². The first-order valence-electron chi connectivity index (χ1n) is 6.40. The summed E-state index contributed by atoms with van der Waals surface area (Å²) in [7, 11) is 1.71. The van der Waals surface area contributed by atoms with Crippen molar-refractivity contribution in [1.82, 2.24) is 0 Å². The molecule has 0 aliphatic rings. The molecule has 18 heavy (non-hydrogen) atoms. The number of rotatable bonds is 4. The van der Waals surface area contributed by atoms with Gasteiger partial charge in [-0.3, -0.25) is 0 Å². The Labute approximate surface area is 115 Å². The van der Waals surface area contributed by atoms with E-state index in [9.17, 15) is 0 Å². The van der Waals surface area contributed by atoms with E-state index in [1.54, 1.807) is 7.11 Å². The van der Waals surface area contributed by atoms with Crippen molar-refractivity contribution in [2.75, 3.05) is 7.11 Å². The van der Waals surface area contributed by atoms with E-state index in [1.165, 1.54) is 5.56 Å². The molecule has 0 saturated heterocycles. The zero-order chi connectivity index (χ0) is 13.5. The van der Waals surface area contributed by atoms with Crippen LogP contribution in [0.2, 0.25) is 5.02 Å². The first-order chi connectivity index (χ1) is 8.61. The highest BCUT2D eigenvalue weighted by atomic mass is 35.5. The average Bonchev–Trinajstić information content (AvgIpc) is 2.35. The van der Waals surface area contributed by atoms with Crippen molar-refractivity contribution in [3.05, 3.63) is 27.8 Å². The molecule has 1 nitrogen and oxygen atoms in total. The van der Waals surface area contributed by atoms with Crippen LogP contribution in [0.1, 0.15) is 42.9 Å². The number of ether oxygens (including phenoxy) is 1. The summed E-state index contributed by atoms with van der Waals surface area (Å²) in [5, 5.41) is 0.810. The summed E-state index contributed by atoms with van der Waals surface area (Å²) >= 11 is 6.22. The number of aryl methyl sites for hydroxylation is 1. The van der Waals surface area contributed by atoms with Crippen LogP contribution in [0.25, 0.3) is 0 Å². The van der Waals surface area contributed by atoms with Gasteiger partial charge in [-0.15, -0.1) is 11.8 Å². The quantitative estimate of drug-likeness (QED) is 0.716. The van der Waals surface area contributed by atoms with Gasteiger partial charge in [0.2, 0.25) is 0 Å². The summed E-state index contributed by atoms with van der Waals surface area (Å²) in [6, 6.07) is 1.96. The minimum Gasteiger partial charge on any atom is -0.496 e. The number of methoxy groups -OCH3 is 1. The maximum atomic E-state index is 6.22. The molecule has 0 fully saturated rings. The molecule has 0 saturated carbocycles. The molecule has 0 spiro atoms. The summed E-state index contributed by atoms with van der Waals surface area (Å²) in [6.45, 7) is 6.21. The molecule has 1 aromatic rings. The van der Waals surface area contributed by atoms with Gasteiger partial charge >= 0.3 is 0 Å². The SMILES string of the molecule is CCCC#CCCc1c(C)c(Cl)cc(C)c1OC. The van der Waals surface area contributed by atoms with Gasteiger partial charge in [-0.2, -0.15) is 0 Å². The number of unbranched alkanes of at least 4 members (excludes halogenated alkanes) is 1. The molecule has 1 rings (SSSR count). The molecule has 0 bridgehead atoms. The minimum atomic E-state index is 0.810. The molecule has 0 radical (unpaired) electrons. The van der Waals surface area contributed by atoms with Crippen LogP contribution in [-0.2, 0) is 6.42 Å². The lowest BCUT2D eigenvalue weighted by molar-refractivity contribution is 0.406. The molecular formula is C16H21ClO. The van der Waals surface area contributed by atoms with Crippen LogP contribution < -0.4 is 4.74 Å². The lowest BCUT2D eigenvalue weighted by Crippen LogP contribution is -1.99. The lowest BCUT2D eigenvalue weighted by Gasteiger charge is -2.14. The fourth-order valence-electron chi connectivity index (χ4n) is 1.99. The average molecular weight is 265 g/mol. The van der Waals surface area contributed by atoms with E-state index in [4.69, 9.17) is 16.3 Å². The summed E-state index contributed by atoms with van der Waals surface area (Å²) in [5.74, 6) is 7.32. The van der Waals surface area contributed by atoms with Crippen LogP contribution in [0.4, 0.5) is 0 Å². The van der Waals surface area contributed by atoms with E-state index in [2.05, 4.69) is 18.8 Å². The zero-order valence-electron chi connectivity index (χ0n) is 11.7. The summed E-state index contributed by atoms with van der Waals surface area (Å²) < 4.78 is 5.48. The van der Waals surface area contributed by atoms with Gasteiger partial charge in [-0.25, -0.2) is 0 Å². The van der Waals surface area contributed by atoms with Crippen molar-refractivity contribution in [3.8, 4) is 17.6 Å². The van der Waals surface area contributed by atoms with Crippen molar-refractivity contribution < 1.29 is 4.74 Å². The molecule has 98 valence electrons. The first-order valence-corrected chi connectivity index (χ1v) is 6.77. The second-order valence-electron chi connectivity index (χ2n) is 4.42. The van der Waals surface area contributed by atoms with E-state index >= 15 is 0 Å². The Hall–Kier alpha value is -1.13. The molecule has 2 heteroatoms. The fourth-order valence-corrected chi connectivity index (χ4v) is 2.27. The number of halogens is 1. The van der Waals surface area contributed by atoms with E-state index in [0.29, 0.717) is 0 Å². The Kier molecular flexibility index (Phi) is 6.09. The molecule has 0 aromatic heterocycles. The summed E-state index contributed by atoms with van der Waals surface area (Å²) in [4.78, 5) is 0. The summed E-state index contributed by atoms with van der Waals surface area (Å²) in [5.41, 5.74) is 3.38. The van der Waals surface area contributed by atoms with Gasteiger partial charge in [0.15, 0.2) is 0 Å².